The van der Waals surface area contributed by atoms with Crippen LogP contribution in [0.5, 0.6) is 0 Å². The van der Waals surface area contributed by atoms with Crippen LogP contribution >= 0.6 is 0 Å². The molecule has 0 saturated heterocycles. The van der Waals surface area contributed by atoms with Gasteiger partial charge in [0.05, 0.1) is 4.92 Å². The number of hydrogen-bond donors (Lipinski definition) is 2. The van der Waals surface area contributed by atoms with Crippen LogP contribution in [0.4, 0.5) is 11.4 Å². The van der Waals surface area contributed by atoms with Gasteiger partial charge in [0, 0.05) is 18.2 Å². The van der Waals surface area contributed by atoms with Gasteiger partial charge in [-0.2, -0.15) is 0 Å². The van der Waals surface area contributed by atoms with Gasteiger partial charge in [0.15, 0.2) is 5.78 Å². The van der Waals surface area contributed by atoms with Gasteiger partial charge in [-0.1, -0.05) is 30.3 Å². The molecule has 7 heteroatoms. The Labute approximate surface area is 145 Å². The number of ketones is 1. The smallest absolute Gasteiger partial charge is 0.293 e. The number of nitrogens with one attached hydrogen (secondary N) is 2. The van der Waals surface area contributed by atoms with E-state index in [2.05, 4.69) is 10.6 Å². The SMILES string of the molecule is CC(=O)c1ccc(NC(C)C(=O)NCc2ccccc2)c([N+](=O)[O-])c1. The Morgan fingerprint density at radius 3 is 2.44 bits per heavy atom. The number of carbonyl (C=O) groups excluding carboxylic acids is 2. The molecule has 0 aliphatic carbocycles. The summed E-state index contributed by atoms with van der Waals surface area (Å²) >= 11 is 0. The van der Waals surface area contributed by atoms with Crippen molar-refractivity contribution in [1.29, 1.82) is 0 Å². The number of carbonyl (C=O) groups is 2. The van der Waals surface area contributed by atoms with Crippen molar-refractivity contribution in [2.75, 3.05) is 5.32 Å². The van der Waals surface area contributed by atoms with E-state index in [1.807, 2.05) is 30.3 Å². The molecule has 25 heavy (non-hydrogen) atoms. The van der Waals surface area contributed by atoms with Gasteiger partial charge in [0.25, 0.3) is 5.69 Å². The fraction of sp³-hybridized carbons (Fsp3) is 0.222. The quantitative estimate of drug-likeness (QED) is 0.458. The minimum atomic E-state index is -0.675. The molecule has 1 atom stereocenters. The predicted molar refractivity (Wildman–Crippen MR) is 94.5 cm³/mol. The van der Waals surface area contributed by atoms with Gasteiger partial charge >= 0.3 is 0 Å². The third-order valence-corrected chi connectivity index (χ3v) is 3.68. The van der Waals surface area contributed by atoms with Crippen LogP contribution in [0.1, 0.15) is 29.8 Å². The summed E-state index contributed by atoms with van der Waals surface area (Å²) < 4.78 is 0. The largest absolute Gasteiger partial charge is 0.368 e. The van der Waals surface area contributed by atoms with Crippen LogP contribution in [0.2, 0.25) is 0 Å². The van der Waals surface area contributed by atoms with Crippen molar-refractivity contribution < 1.29 is 14.5 Å². The van der Waals surface area contributed by atoms with Crippen LogP contribution in [0, 0.1) is 10.1 Å². The summed E-state index contributed by atoms with van der Waals surface area (Å²) in [5.74, 6) is -0.544. The molecule has 2 aromatic rings. The zero-order valence-corrected chi connectivity index (χ0v) is 14.0. The van der Waals surface area contributed by atoms with Crippen LogP contribution in [-0.2, 0) is 11.3 Å². The normalized spacial score (nSPS) is 11.4. The molecule has 1 amide bonds. The topological polar surface area (TPSA) is 101 Å². The standard InChI is InChI=1S/C18H19N3O4/c1-12(18(23)19-11-14-6-4-3-5-7-14)20-16-9-8-15(13(2)22)10-17(16)21(24)25/h3-10,12,20H,11H2,1-2H3,(H,19,23). The first kappa shape index (κ1) is 18.1. The van der Waals surface area contributed by atoms with Gasteiger partial charge in [0.2, 0.25) is 5.91 Å². The summed E-state index contributed by atoms with van der Waals surface area (Å²) in [7, 11) is 0. The number of amides is 1. The highest BCUT2D eigenvalue weighted by atomic mass is 16.6. The summed E-state index contributed by atoms with van der Waals surface area (Å²) in [5.41, 5.74) is 1.16. The highest BCUT2D eigenvalue weighted by Crippen LogP contribution is 2.26. The van der Waals surface area contributed by atoms with Crippen LogP contribution in [0.15, 0.2) is 48.5 Å². The van der Waals surface area contributed by atoms with E-state index in [-0.39, 0.29) is 28.6 Å². The first-order valence-corrected chi connectivity index (χ1v) is 7.76. The number of hydrogen-bond acceptors (Lipinski definition) is 5. The molecule has 0 bridgehead atoms. The summed E-state index contributed by atoms with van der Waals surface area (Å²) in [6.45, 7) is 3.33. The highest BCUT2D eigenvalue weighted by molar-refractivity contribution is 5.95. The molecule has 0 spiro atoms. The maximum absolute atomic E-state index is 12.2. The van der Waals surface area contributed by atoms with Gasteiger partial charge in [-0.25, -0.2) is 0 Å². The third kappa shape index (κ3) is 4.87. The lowest BCUT2D eigenvalue weighted by molar-refractivity contribution is -0.384. The molecule has 0 aliphatic heterocycles. The summed E-state index contributed by atoms with van der Waals surface area (Å²) in [6, 6.07) is 12.9. The van der Waals surface area contributed by atoms with Crippen molar-refractivity contribution in [1.82, 2.24) is 5.32 Å². The first-order valence-electron chi connectivity index (χ1n) is 7.76. The second-order valence-corrected chi connectivity index (χ2v) is 5.61. The van der Waals surface area contributed by atoms with Crippen molar-refractivity contribution in [3.63, 3.8) is 0 Å². The van der Waals surface area contributed by atoms with E-state index in [0.29, 0.717) is 6.54 Å². The predicted octanol–water partition coefficient (Wildman–Crippen LogP) is 2.91. The van der Waals surface area contributed by atoms with Crippen molar-refractivity contribution >= 4 is 23.1 Å². The maximum Gasteiger partial charge on any atom is 0.293 e. The van der Waals surface area contributed by atoms with Crippen LogP contribution < -0.4 is 10.6 Å². The number of nitro benzene ring substituents is 1. The molecule has 2 aromatic carbocycles. The Kier molecular flexibility index (Phi) is 5.84. The van der Waals surface area contributed by atoms with Crippen LogP contribution in [-0.4, -0.2) is 22.7 Å². The Morgan fingerprint density at radius 2 is 1.84 bits per heavy atom. The lowest BCUT2D eigenvalue weighted by Crippen LogP contribution is -2.37. The van der Waals surface area contributed by atoms with Gasteiger partial charge in [-0.05, 0) is 31.5 Å². The van der Waals surface area contributed by atoms with E-state index in [1.54, 1.807) is 6.92 Å². The van der Waals surface area contributed by atoms with Gasteiger partial charge in [0.1, 0.15) is 11.7 Å². The number of nitro groups is 1. The number of Topliss-reactive ketones (excluding diaryl/α,β-unsaturated/α-hetero) is 1. The van der Waals surface area contributed by atoms with Crippen LogP contribution in [0.25, 0.3) is 0 Å². The number of nitrogens with zero attached hydrogens (tertiary/aromatic N) is 1. The minimum absolute atomic E-state index is 0.192. The lowest BCUT2D eigenvalue weighted by atomic mass is 10.1. The fourth-order valence-electron chi connectivity index (χ4n) is 2.26. The Balaban J connectivity index is 2.06. The van der Waals surface area contributed by atoms with Gasteiger partial charge < -0.3 is 10.6 Å². The Hall–Kier alpha value is -3.22. The van der Waals surface area contributed by atoms with Gasteiger partial charge in [-0.3, -0.25) is 19.7 Å². The minimum Gasteiger partial charge on any atom is -0.368 e. The molecule has 2 rings (SSSR count). The zero-order valence-electron chi connectivity index (χ0n) is 14.0. The maximum atomic E-state index is 12.2. The highest BCUT2D eigenvalue weighted by Gasteiger charge is 2.20. The number of benzene rings is 2. The van der Waals surface area contributed by atoms with E-state index in [0.717, 1.165) is 5.56 Å². The fourth-order valence-corrected chi connectivity index (χ4v) is 2.26. The molecule has 1 unspecified atom stereocenters. The zero-order chi connectivity index (χ0) is 18.4. The average Bonchev–Trinajstić information content (AvgIpc) is 2.60. The second kappa shape index (κ2) is 8.05. The summed E-state index contributed by atoms with van der Waals surface area (Å²) in [5, 5.41) is 16.8. The molecule has 0 heterocycles. The molecule has 0 radical (unpaired) electrons. The van der Waals surface area contributed by atoms with Crippen molar-refractivity contribution in [2.24, 2.45) is 0 Å². The number of anilines is 1. The second-order valence-electron chi connectivity index (χ2n) is 5.61. The Morgan fingerprint density at radius 1 is 1.16 bits per heavy atom. The molecular formula is C18H19N3O4. The molecule has 0 aromatic heterocycles. The van der Waals surface area contributed by atoms with Crippen LogP contribution in [0.3, 0.4) is 0 Å². The van der Waals surface area contributed by atoms with Gasteiger partial charge in [-0.15, -0.1) is 0 Å². The summed E-state index contributed by atoms with van der Waals surface area (Å²) in [6.07, 6.45) is 0. The summed E-state index contributed by atoms with van der Waals surface area (Å²) in [4.78, 5) is 34.2. The van der Waals surface area contributed by atoms with Crippen molar-refractivity contribution in [3.05, 3.63) is 69.8 Å². The number of rotatable bonds is 7. The Bertz CT molecular complexity index is 790. The van der Waals surface area contributed by atoms with E-state index in [4.69, 9.17) is 0 Å². The van der Waals surface area contributed by atoms with Crippen molar-refractivity contribution in [2.45, 2.75) is 26.4 Å². The van der Waals surface area contributed by atoms with Crippen molar-refractivity contribution in [3.8, 4) is 0 Å². The molecule has 130 valence electrons. The molecule has 7 nitrogen and oxygen atoms in total. The molecule has 2 N–H and O–H groups in total. The van der Waals surface area contributed by atoms with E-state index < -0.39 is 11.0 Å². The molecular weight excluding hydrogens is 322 g/mol. The molecule has 0 fully saturated rings. The van der Waals surface area contributed by atoms with E-state index in [1.165, 1.54) is 25.1 Å². The monoisotopic (exact) mass is 341 g/mol. The van der Waals surface area contributed by atoms with E-state index >= 15 is 0 Å². The lowest BCUT2D eigenvalue weighted by Gasteiger charge is -2.15. The third-order valence-electron chi connectivity index (χ3n) is 3.68. The molecule has 0 aliphatic rings. The molecule has 0 saturated carbocycles. The average molecular weight is 341 g/mol. The first-order chi connectivity index (χ1) is 11.9. The van der Waals surface area contributed by atoms with E-state index in [9.17, 15) is 19.7 Å².